The Morgan fingerprint density at radius 1 is 0.630 bits per heavy atom. The van der Waals surface area contributed by atoms with Crippen molar-refractivity contribution in [3.8, 4) is 0 Å². The van der Waals surface area contributed by atoms with E-state index in [0.717, 1.165) is 0 Å². The van der Waals surface area contributed by atoms with Gasteiger partial charge < -0.3 is 0 Å². The van der Waals surface area contributed by atoms with E-state index in [9.17, 15) is 59.7 Å². The molecule has 0 unspecified atom stereocenters. The van der Waals surface area contributed by atoms with Gasteiger partial charge in [0.1, 0.15) is 0 Å². The molecule has 0 aliphatic heterocycles. The van der Waals surface area contributed by atoms with Crippen LogP contribution in [0.25, 0.3) is 0 Å². The maximum absolute atomic E-state index is 13.6. The van der Waals surface area contributed by atoms with Gasteiger partial charge in [-0.2, -0.15) is 17.6 Å². The monoisotopic (exact) mass is 509 g/mol. The van der Waals surface area contributed by atoms with Gasteiger partial charge >= 0.3 is 19.9 Å². The van der Waals surface area contributed by atoms with Gasteiger partial charge in [0.05, 0.1) is 19.1 Å². The quantitative estimate of drug-likeness (QED) is 0.251. The van der Waals surface area contributed by atoms with Gasteiger partial charge in [0, 0.05) is 0 Å². The van der Waals surface area contributed by atoms with E-state index >= 15 is 0 Å². The van der Waals surface area contributed by atoms with Gasteiger partial charge in [-0.15, -0.1) is 8.25 Å². The predicted octanol–water partition coefficient (Wildman–Crippen LogP) is -3.19. The largest absolute Gasteiger partial charge is 0.473 e. The molecule has 0 fully saturated rings. The van der Waals surface area contributed by atoms with Crippen molar-refractivity contribution in [3.63, 3.8) is 0 Å². The molecule has 0 heterocycles. The van der Waals surface area contributed by atoms with E-state index in [1.54, 1.807) is 0 Å². The minimum atomic E-state index is -6.65. The summed E-state index contributed by atoms with van der Waals surface area (Å²) >= 11 is 0. The van der Waals surface area contributed by atoms with E-state index in [0.29, 0.717) is 4.13 Å². The summed E-state index contributed by atoms with van der Waals surface area (Å²) in [4.78, 5) is 0. The maximum Gasteiger partial charge on any atom is 0.473 e. The molecule has 164 valence electrons. The second kappa shape index (κ2) is 7.31. The van der Waals surface area contributed by atoms with Crippen LogP contribution in [0.4, 0.5) is 17.6 Å². The fourth-order valence-electron chi connectivity index (χ4n) is 1.01. The fraction of sp³-hybridized carbons (Fsp3) is 1.00. The molecule has 13 nitrogen and oxygen atoms in total. The highest BCUT2D eigenvalue weighted by Gasteiger charge is 2.60. The number of nitrogens with one attached hydrogen (secondary N) is 3. The summed E-state index contributed by atoms with van der Waals surface area (Å²) < 4.78 is 159. The number of hydrogen-bond acceptors (Lipinski definition) is 10. The van der Waals surface area contributed by atoms with E-state index < -0.39 is 66.5 Å². The van der Waals surface area contributed by atoms with Crippen LogP contribution >= 0.6 is 0 Å². The van der Waals surface area contributed by atoms with Gasteiger partial charge in [0.15, 0.2) is 0 Å². The molecule has 0 aliphatic rings. The Hall–Kier alpha value is -0.650. The van der Waals surface area contributed by atoms with Crippen molar-refractivity contribution in [2.75, 3.05) is 19.1 Å². The Kier molecular flexibility index (Phi) is 7.13. The molecule has 0 spiro atoms. The summed E-state index contributed by atoms with van der Waals surface area (Å²) in [6.45, 7) is -2.72. The van der Waals surface area contributed by atoms with Gasteiger partial charge in [0.2, 0.25) is 20.0 Å². The molecule has 0 radical (unpaired) electrons. The third-order valence-electron chi connectivity index (χ3n) is 2.01. The Morgan fingerprint density at radius 3 is 1.30 bits per heavy atom. The average molecular weight is 509 g/mol. The topological polar surface area (TPSA) is 207 Å². The standard InChI is InChI=1S/C5H11F4N3O10S5/c1-23(13,14)11-25(17,18)4(6,7)3-10-26(19,20)5(8,9)27(21,22)12-24(2,15)16/h10-12H,3H2,1-2H3. The molecule has 22 heteroatoms. The highest BCUT2D eigenvalue weighted by atomic mass is 32.3. The van der Waals surface area contributed by atoms with Crippen LogP contribution < -0.4 is 13.0 Å². The van der Waals surface area contributed by atoms with Gasteiger partial charge in [-0.25, -0.2) is 46.8 Å². The highest BCUT2D eigenvalue weighted by Crippen LogP contribution is 2.28. The van der Waals surface area contributed by atoms with Crippen LogP contribution in [0.5, 0.6) is 0 Å². The van der Waals surface area contributed by atoms with E-state index in [1.807, 2.05) is 0 Å². The van der Waals surface area contributed by atoms with Crippen molar-refractivity contribution in [2.45, 2.75) is 9.84 Å². The molecule has 0 saturated carbocycles. The van der Waals surface area contributed by atoms with E-state index in [1.165, 1.54) is 0 Å². The summed E-state index contributed by atoms with van der Waals surface area (Å²) in [5, 5.41) is -5.34. The molecule has 0 aromatic heterocycles. The van der Waals surface area contributed by atoms with Crippen molar-refractivity contribution in [3.05, 3.63) is 0 Å². The van der Waals surface area contributed by atoms with E-state index in [4.69, 9.17) is 0 Å². The van der Waals surface area contributed by atoms with Crippen LogP contribution in [0, 0.1) is 0 Å². The average Bonchev–Trinajstić information content (AvgIpc) is 2.30. The number of alkyl halides is 4. The van der Waals surface area contributed by atoms with Crippen LogP contribution in [0.15, 0.2) is 0 Å². The lowest BCUT2D eigenvalue weighted by Gasteiger charge is -2.20. The van der Waals surface area contributed by atoms with Crippen LogP contribution in [-0.2, 0) is 50.1 Å². The van der Waals surface area contributed by atoms with E-state index in [-0.39, 0.29) is 21.4 Å². The minimum Gasteiger partial charge on any atom is -0.212 e. The van der Waals surface area contributed by atoms with Crippen LogP contribution in [0.3, 0.4) is 0 Å². The predicted molar refractivity (Wildman–Crippen MR) is 80.6 cm³/mol. The third kappa shape index (κ3) is 6.72. The molecule has 0 aromatic rings. The van der Waals surface area contributed by atoms with Crippen LogP contribution in [-0.4, -0.2) is 71.0 Å². The summed E-state index contributed by atoms with van der Waals surface area (Å²) in [5.74, 6) is 0. The molecule has 0 saturated heterocycles. The van der Waals surface area contributed by atoms with Crippen molar-refractivity contribution in [1.29, 1.82) is 0 Å². The summed E-state index contributed by atoms with van der Waals surface area (Å²) in [6, 6.07) is 0. The first-order valence-electron chi connectivity index (χ1n) is 5.58. The molecular weight excluding hydrogens is 498 g/mol. The molecule has 0 rings (SSSR count). The fourth-order valence-corrected chi connectivity index (χ4v) is 7.61. The maximum atomic E-state index is 13.6. The minimum absolute atomic E-state index is 0.0538. The summed E-state index contributed by atoms with van der Waals surface area (Å²) in [7, 11) is -29.1. The zero-order valence-electron chi connectivity index (χ0n) is 12.8. The number of rotatable bonds is 10. The molecule has 0 aromatic carbocycles. The molecule has 0 atom stereocenters. The Bertz CT molecular complexity index is 1110. The van der Waals surface area contributed by atoms with Gasteiger partial charge in [0.25, 0.3) is 20.0 Å². The Balaban J connectivity index is 5.79. The molecule has 27 heavy (non-hydrogen) atoms. The molecule has 0 aliphatic carbocycles. The smallest absolute Gasteiger partial charge is 0.212 e. The Morgan fingerprint density at radius 2 is 0.963 bits per heavy atom. The van der Waals surface area contributed by atoms with Crippen molar-refractivity contribution < 1.29 is 59.7 Å². The SMILES string of the molecule is CS(=O)(=O)NS(=O)(=O)C(F)(F)CNS(=O)(=O)C(F)(F)S(=O)(=O)NS(C)(=O)=O. The summed E-state index contributed by atoms with van der Waals surface area (Å²) in [5.41, 5.74) is 0. The molecule has 0 bridgehead atoms. The first kappa shape index (κ1) is 26.4. The molecular formula is C5H11F4N3O10S5. The second-order valence-corrected chi connectivity index (χ2v) is 14.3. The lowest BCUT2D eigenvalue weighted by Crippen LogP contribution is -2.55. The number of sulfonamides is 5. The number of halogens is 4. The second-order valence-electron chi connectivity index (χ2n) is 4.64. The van der Waals surface area contributed by atoms with Gasteiger partial charge in [-0.3, -0.25) is 0 Å². The van der Waals surface area contributed by atoms with Gasteiger partial charge in [-0.1, -0.05) is 0 Å². The molecule has 0 amide bonds. The van der Waals surface area contributed by atoms with E-state index in [2.05, 4.69) is 0 Å². The lowest BCUT2D eigenvalue weighted by molar-refractivity contribution is 0.0951. The Labute approximate surface area is 151 Å². The van der Waals surface area contributed by atoms with Crippen LogP contribution in [0.2, 0.25) is 0 Å². The highest BCUT2D eigenvalue weighted by molar-refractivity contribution is 8.13. The normalized spacial score (nSPS) is 15.6. The van der Waals surface area contributed by atoms with Crippen molar-refractivity contribution in [1.82, 2.24) is 13.0 Å². The zero-order chi connectivity index (χ0) is 22.3. The number of hydrogen-bond donors (Lipinski definition) is 3. The van der Waals surface area contributed by atoms with Crippen LogP contribution in [0.1, 0.15) is 0 Å². The first-order valence-corrected chi connectivity index (χ1v) is 13.8. The molecule has 3 N–H and O–H groups in total. The lowest BCUT2D eigenvalue weighted by atomic mass is 10.7. The first-order chi connectivity index (χ1) is 11.4. The third-order valence-corrected chi connectivity index (χ3v) is 10.2. The van der Waals surface area contributed by atoms with Crippen molar-refractivity contribution >= 4 is 50.1 Å². The summed E-state index contributed by atoms with van der Waals surface area (Å²) in [6.07, 6.45) is 0.181. The van der Waals surface area contributed by atoms with Crippen molar-refractivity contribution in [2.24, 2.45) is 0 Å². The zero-order valence-corrected chi connectivity index (χ0v) is 16.9. The van der Waals surface area contributed by atoms with Gasteiger partial charge in [-0.05, 0) is 0 Å².